The predicted octanol–water partition coefficient (Wildman–Crippen LogP) is 1.57. The lowest BCUT2D eigenvalue weighted by Gasteiger charge is -2.32. The van der Waals surface area contributed by atoms with E-state index in [4.69, 9.17) is 4.74 Å². The Morgan fingerprint density at radius 3 is 3.41 bits per heavy atom. The number of hydrogen-bond donors (Lipinski definition) is 1. The van der Waals surface area contributed by atoms with Gasteiger partial charge in [0, 0.05) is 24.7 Å². The van der Waals surface area contributed by atoms with Crippen LogP contribution < -0.4 is 4.90 Å². The van der Waals surface area contributed by atoms with Crippen LogP contribution in [-0.4, -0.2) is 41.0 Å². The normalized spacial score (nSPS) is 21.0. The van der Waals surface area contributed by atoms with Crippen LogP contribution in [0.25, 0.3) is 10.9 Å². The van der Waals surface area contributed by atoms with Crippen LogP contribution in [0.3, 0.4) is 0 Å². The van der Waals surface area contributed by atoms with E-state index in [-0.39, 0.29) is 0 Å². The molecule has 3 heterocycles. The van der Waals surface area contributed by atoms with Crippen molar-refractivity contribution in [2.24, 2.45) is 0 Å². The van der Waals surface area contributed by atoms with Crippen molar-refractivity contribution >= 4 is 16.7 Å². The van der Waals surface area contributed by atoms with Gasteiger partial charge in [-0.05, 0) is 12.5 Å². The van der Waals surface area contributed by atoms with Gasteiger partial charge in [0.25, 0.3) is 0 Å². The Labute approximate surface area is 99.8 Å². The first-order valence-corrected chi connectivity index (χ1v) is 6.03. The van der Waals surface area contributed by atoms with Gasteiger partial charge in [0.05, 0.1) is 24.4 Å². The number of rotatable bonds is 2. The topological polar surface area (TPSA) is 54.0 Å². The third-order valence-corrected chi connectivity index (χ3v) is 3.24. The summed E-state index contributed by atoms with van der Waals surface area (Å²) in [6, 6.07) is 2.00. The Balaban J connectivity index is 1.92. The third-order valence-electron chi connectivity index (χ3n) is 3.24. The molecule has 0 bridgehead atoms. The van der Waals surface area contributed by atoms with Crippen LogP contribution in [0.4, 0.5) is 5.82 Å². The molecule has 0 saturated carbocycles. The van der Waals surface area contributed by atoms with E-state index in [9.17, 15) is 0 Å². The van der Waals surface area contributed by atoms with Gasteiger partial charge in [0.2, 0.25) is 0 Å². The molecular weight excluding hydrogens is 216 g/mol. The van der Waals surface area contributed by atoms with Crippen molar-refractivity contribution in [2.75, 3.05) is 24.6 Å². The van der Waals surface area contributed by atoms with Gasteiger partial charge >= 0.3 is 0 Å². The highest BCUT2D eigenvalue weighted by Gasteiger charge is 2.22. The molecule has 1 unspecified atom stereocenters. The van der Waals surface area contributed by atoms with Crippen LogP contribution in [0.1, 0.15) is 13.3 Å². The maximum Gasteiger partial charge on any atom is 0.158 e. The van der Waals surface area contributed by atoms with Crippen molar-refractivity contribution < 1.29 is 4.74 Å². The number of fused-ring (bicyclic) bond motifs is 1. The number of aromatic nitrogens is 3. The fourth-order valence-electron chi connectivity index (χ4n) is 2.25. The van der Waals surface area contributed by atoms with Gasteiger partial charge in [-0.3, -0.25) is 10.1 Å². The summed E-state index contributed by atoms with van der Waals surface area (Å²) in [5.74, 6) is 1.02. The summed E-state index contributed by atoms with van der Waals surface area (Å²) >= 11 is 0. The van der Waals surface area contributed by atoms with Crippen LogP contribution in [-0.2, 0) is 4.74 Å². The number of nitrogens with one attached hydrogen (secondary N) is 1. The van der Waals surface area contributed by atoms with Crippen LogP contribution >= 0.6 is 0 Å². The highest BCUT2D eigenvalue weighted by atomic mass is 16.5. The van der Waals surface area contributed by atoms with E-state index in [0.29, 0.717) is 6.10 Å². The molecule has 5 nitrogen and oxygen atoms in total. The first-order chi connectivity index (χ1) is 8.38. The maximum atomic E-state index is 5.68. The van der Waals surface area contributed by atoms with E-state index in [1.807, 2.05) is 12.3 Å². The summed E-state index contributed by atoms with van der Waals surface area (Å²) in [5, 5.41) is 8.55. The summed E-state index contributed by atoms with van der Waals surface area (Å²) < 4.78 is 5.68. The summed E-state index contributed by atoms with van der Waals surface area (Å²) in [4.78, 5) is 6.38. The van der Waals surface area contributed by atoms with Crippen molar-refractivity contribution in [3.05, 3.63) is 18.5 Å². The number of H-pyrrole nitrogens is 1. The number of morpholine rings is 1. The molecule has 0 aromatic carbocycles. The second-order valence-corrected chi connectivity index (χ2v) is 4.32. The monoisotopic (exact) mass is 232 g/mol. The Kier molecular flexibility index (Phi) is 2.68. The lowest BCUT2D eigenvalue weighted by atomic mass is 10.2. The largest absolute Gasteiger partial charge is 0.375 e. The summed E-state index contributed by atoms with van der Waals surface area (Å²) in [7, 11) is 0. The zero-order chi connectivity index (χ0) is 11.7. The summed E-state index contributed by atoms with van der Waals surface area (Å²) in [5.41, 5.74) is 0.988. The van der Waals surface area contributed by atoms with Gasteiger partial charge in [-0.1, -0.05) is 6.92 Å². The van der Waals surface area contributed by atoms with E-state index in [1.165, 1.54) is 0 Å². The minimum atomic E-state index is 0.317. The van der Waals surface area contributed by atoms with E-state index >= 15 is 0 Å². The van der Waals surface area contributed by atoms with Crippen LogP contribution in [0.2, 0.25) is 0 Å². The fourth-order valence-corrected chi connectivity index (χ4v) is 2.25. The first kappa shape index (κ1) is 10.5. The quantitative estimate of drug-likeness (QED) is 0.854. The zero-order valence-electron chi connectivity index (χ0n) is 9.89. The van der Waals surface area contributed by atoms with Gasteiger partial charge < -0.3 is 9.64 Å². The molecule has 1 saturated heterocycles. The predicted molar refractivity (Wildman–Crippen MR) is 66.1 cm³/mol. The highest BCUT2D eigenvalue weighted by molar-refractivity contribution is 5.89. The second-order valence-electron chi connectivity index (χ2n) is 4.32. The summed E-state index contributed by atoms with van der Waals surface area (Å²) in [6.07, 6.45) is 4.97. The molecule has 3 rings (SSSR count). The average Bonchev–Trinajstić information content (AvgIpc) is 2.82. The lowest BCUT2D eigenvalue weighted by Crippen LogP contribution is -2.42. The smallest absolute Gasteiger partial charge is 0.158 e. The number of ether oxygens (including phenoxy) is 1. The molecular formula is C12H16N4O. The van der Waals surface area contributed by atoms with E-state index in [1.54, 1.807) is 6.20 Å². The molecule has 0 aliphatic carbocycles. The minimum Gasteiger partial charge on any atom is -0.375 e. The number of hydrogen-bond acceptors (Lipinski definition) is 4. The lowest BCUT2D eigenvalue weighted by molar-refractivity contribution is 0.0382. The van der Waals surface area contributed by atoms with Crippen molar-refractivity contribution in [1.82, 2.24) is 15.2 Å². The maximum absolute atomic E-state index is 5.68. The summed E-state index contributed by atoms with van der Waals surface area (Å²) in [6.45, 7) is 4.75. The molecule has 2 aromatic rings. The minimum absolute atomic E-state index is 0.317. The van der Waals surface area contributed by atoms with Gasteiger partial charge in [-0.15, -0.1) is 0 Å². The van der Waals surface area contributed by atoms with Crippen LogP contribution in [0.15, 0.2) is 18.5 Å². The standard InChI is InChI=1S/C12H16N4O/c1-2-9-8-16(5-6-17-9)12-10-3-4-13-7-11(10)14-15-12/h3-4,7,9H,2,5-6,8H2,1H3,(H,14,15). The van der Waals surface area contributed by atoms with E-state index < -0.39 is 0 Å². The average molecular weight is 232 g/mol. The number of pyridine rings is 1. The van der Waals surface area contributed by atoms with Gasteiger partial charge in [-0.2, -0.15) is 5.10 Å². The fraction of sp³-hybridized carbons (Fsp3) is 0.500. The molecule has 1 atom stereocenters. The number of nitrogens with zero attached hydrogens (tertiary/aromatic N) is 3. The molecule has 90 valence electrons. The molecule has 1 aliphatic heterocycles. The van der Waals surface area contributed by atoms with Gasteiger partial charge in [0.1, 0.15) is 0 Å². The molecule has 1 N–H and O–H groups in total. The van der Waals surface area contributed by atoms with Crippen molar-refractivity contribution in [3.63, 3.8) is 0 Å². The van der Waals surface area contributed by atoms with Gasteiger partial charge in [-0.25, -0.2) is 0 Å². The molecule has 0 radical (unpaired) electrons. The van der Waals surface area contributed by atoms with Gasteiger partial charge in [0.15, 0.2) is 5.82 Å². The van der Waals surface area contributed by atoms with Crippen molar-refractivity contribution in [3.8, 4) is 0 Å². The third kappa shape index (κ3) is 1.86. The van der Waals surface area contributed by atoms with Crippen molar-refractivity contribution in [2.45, 2.75) is 19.4 Å². The molecule has 0 amide bonds. The SMILES string of the molecule is CCC1CN(c2n[nH]c3cnccc23)CCO1. The molecule has 0 spiro atoms. The molecule has 1 aliphatic rings. The Morgan fingerprint density at radius 2 is 2.53 bits per heavy atom. The highest BCUT2D eigenvalue weighted by Crippen LogP contribution is 2.24. The first-order valence-electron chi connectivity index (χ1n) is 6.03. The van der Waals surface area contributed by atoms with Crippen LogP contribution in [0.5, 0.6) is 0 Å². The number of anilines is 1. The molecule has 2 aromatic heterocycles. The van der Waals surface area contributed by atoms with E-state index in [0.717, 1.165) is 42.8 Å². The van der Waals surface area contributed by atoms with E-state index in [2.05, 4.69) is 27.0 Å². The number of aromatic amines is 1. The molecule has 1 fully saturated rings. The molecule has 17 heavy (non-hydrogen) atoms. The zero-order valence-corrected chi connectivity index (χ0v) is 9.89. The Bertz CT molecular complexity index is 510. The van der Waals surface area contributed by atoms with Crippen LogP contribution in [0, 0.1) is 0 Å². The van der Waals surface area contributed by atoms with Crippen molar-refractivity contribution in [1.29, 1.82) is 0 Å². The Hall–Kier alpha value is -1.62. The Morgan fingerprint density at radius 1 is 1.59 bits per heavy atom. The molecule has 5 heteroatoms. The second kappa shape index (κ2) is 4.33.